The Morgan fingerprint density at radius 1 is 1.33 bits per heavy atom. The number of carbonyl (C=O) groups is 1. The van der Waals surface area contributed by atoms with Gasteiger partial charge in [0.25, 0.3) is 0 Å². The predicted octanol–water partition coefficient (Wildman–Crippen LogP) is 1.45. The molecule has 0 atom stereocenters. The van der Waals surface area contributed by atoms with Gasteiger partial charge in [-0.25, -0.2) is 0 Å². The van der Waals surface area contributed by atoms with Crippen LogP contribution < -0.4 is 9.80 Å². The summed E-state index contributed by atoms with van der Waals surface area (Å²) in [5, 5.41) is 0. The van der Waals surface area contributed by atoms with Gasteiger partial charge in [-0.1, -0.05) is 6.07 Å². The fraction of sp³-hybridized carbons (Fsp3) is 0.417. The number of carbonyl (C=O) groups excluding carboxylic acids is 1. The molecule has 0 spiro atoms. The molecule has 2 rings (SSSR count). The zero-order valence-electron chi connectivity index (χ0n) is 9.23. The molecule has 1 aliphatic heterocycles. The van der Waals surface area contributed by atoms with E-state index in [1.165, 1.54) is 16.9 Å². The molecule has 1 aliphatic rings. The van der Waals surface area contributed by atoms with E-state index in [0.29, 0.717) is 6.54 Å². The van der Waals surface area contributed by atoms with E-state index in [-0.39, 0.29) is 0 Å². The summed E-state index contributed by atoms with van der Waals surface area (Å²) in [4.78, 5) is 15.0. The van der Waals surface area contributed by atoms with Crippen molar-refractivity contribution in [2.24, 2.45) is 0 Å². The molecule has 1 aromatic rings. The first-order valence-electron chi connectivity index (χ1n) is 5.23. The molecule has 0 saturated heterocycles. The predicted molar refractivity (Wildman–Crippen MR) is 62.7 cm³/mol. The van der Waals surface area contributed by atoms with Gasteiger partial charge < -0.3 is 14.6 Å². The van der Waals surface area contributed by atoms with E-state index in [1.807, 2.05) is 0 Å². The maximum atomic E-state index is 10.6. The lowest BCUT2D eigenvalue weighted by Crippen LogP contribution is -2.40. The van der Waals surface area contributed by atoms with E-state index in [0.717, 1.165) is 19.4 Å². The smallest absolute Gasteiger partial charge is 0.139 e. The van der Waals surface area contributed by atoms with E-state index < -0.39 is 0 Å². The molecule has 0 aromatic heterocycles. The Morgan fingerprint density at radius 2 is 2.13 bits per heavy atom. The maximum Gasteiger partial charge on any atom is 0.139 e. The molecule has 3 nitrogen and oxygen atoms in total. The number of aryl methyl sites for hydroxylation is 1. The van der Waals surface area contributed by atoms with Gasteiger partial charge in [0, 0.05) is 20.1 Å². The number of likely N-dealkylation sites (N-methyl/N-ethyl adjacent to an activating group) is 1. The maximum absolute atomic E-state index is 10.6. The zero-order chi connectivity index (χ0) is 10.8. The average molecular weight is 204 g/mol. The molecule has 0 saturated carbocycles. The van der Waals surface area contributed by atoms with Gasteiger partial charge in [0.1, 0.15) is 6.29 Å². The van der Waals surface area contributed by atoms with Crippen LogP contribution in [0.3, 0.4) is 0 Å². The van der Waals surface area contributed by atoms with Gasteiger partial charge in [-0.15, -0.1) is 0 Å². The van der Waals surface area contributed by atoms with Crippen LogP contribution in [-0.2, 0) is 4.79 Å². The summed E-state index contributed by atoms with van der Waals surface area (Å²) in [5.41, 5.74) is 3.63. The van der Waals surface area contributed by atoms with Crippen LogP contribution in [0.1, 0.15) is 5.56 Å². The van der Waals surface area contributed by atoms with Crippen LogP contribution in [0.25, 0.3) is 0 Å². The lowest BCUT2D eigenvalue weighted by atomic mass is 10.1. The Balaban J connectivity index is 2.41. The number of aldehydes is 1. The first-order valence-corrected chi connectivity index (χ1v) is 5.23. The molecule has 15 heavy (non-hydrogen) atoms. The number of fused-ring (bicyclic) bond motifs is 1. The van der Waals surface area contributed by atoms with Crippen molar-refractivity contribution in [2.75, 3.05) is 36.5 Å². The van der Waals surface area contributed by atoms with Crippen molar-refractivity contribution in [3.63, 3.8) is 0 Å². The number of anilines is 2. The number of rotatable bonds is 2. The molecule has 80 valence electrons. The molecule has 1 aromatic carbocycles. The van der Waals surface area contributed by atoms with Crippen LogP contribution >= 0.6 is 0 Å². The van der Waals surface area contributed by atoms with Crippen LogP contribution in [-0.4, -0.2) is 33.0 Å². The van der Waals surface area contributed by atoms with Gasteiger partial charge in [0.2, 0.25) is 0 Å². The lowest BCUT2D eigenvalue weighted by molar-refractivity contribution is -0.106. The Morgan fingerprint density at radius 3 is 2.87 bits per heavy atom. The van der Waals surface area contributed by atoms with Crippen LogP contribution in [0.2, 0.25) is 0 Å². The third-order valence-corrected chi connectivity index (χ3v) is 2.88. The Bertz CT molecular complexity index is 376. The standard InChI is InChI=1S/C12H16N2O/c1-10-3-4-11-12(9-10)14(7-8-15)6-5-13(11)2/h3-4,8-9H,5-7H2,1-2H3. The van der Waals surface area contributed by atoms with Gasteiger partial charge in [-0.3, -0.25) is 0 Å². The van der Waals surface area contributed by atoms with Crippen LogP contribution in [0, 0.1) is 6.92 Å². The minimum Gasteiger partial charge on any atom is -0.371 e. The van der Waals surface area contributed by atoms with Crippen molar-refractivity contribution in [1.82, 2.24) is 0 Å². The summed E-state index contributed by atoms with van der Waals surface area (Å²) in [5.74, 6) is 0. The molecular weight excluding hydrogens is 188 g/mol. The minimum atomic E-state index is 0.490. The lowest BCUT2D eigenvalue weighted by Gasteiger charge is -2.36. The first kappa shape index (κ1) is 10.0. The van der Waals surface area contributed by atoms with E-state index in [4.69, 9.17) is 0 Å². The highest BCUT2D eigenvalue weighted by atomic mass is 16.1. The molecule has 1 heterocycles. The second kappa shape index (κ2) is 3.93. The fourth-order valence-corrected chi connectivity index (χ4v) is 2.00. The largest absolute Gasteiger partial charge is 0.371 e. The molecule has 0 unspecified atom stereocenters. The third-order valence-electron chi connectivity index (χ3n) is 2.88. The fourth-order valence-electron chi connectivity index (χ4n) is 2.00. The third kappa shape index (κ3) is 1.82. The molecular formula is C12H16N2O. The minimum absolute atomic E-state index is 0.490. The van der Waals surface area contributed by atoms with Crippen molar-refractivity contribution < 1.29 is 4.79 Å². The van der Waals surface area contributed by atoms with Crippen molar-refractivity contribution in [1.29, 1.82) is 0 Å². The summed E-state index contributed by atoms with van der Waals surface area (Å²) in [6, 6.07) is 6.38. The van der Waals surface area contributed by atoms with Gasteiger partial charge in [0.15, 0.2) is 0 Å². The summed E-state index contributed by atoms with van der Waals surface area (Å²) in [7, 11) is 2.09. The molecule has 0 amide bonds. The molecule has 3 heteroatoms. The summed E-state index contributed by atoms with van der Waals surface area (Å²) < 4.78 is 0. The molecule has 0 fully saturated rings. The second-order valence-electron chi connectivity index (χ2n) is 4.03. The summed E-state index contributed by atoms with van der Waals surface area (Å²) in [6.07, 6.45) is 0.970. The SMILES string of the molecule is Cc1ccc2c(c1)N(CC=O)CCN2C. The van der Waals surface area contributed by atoms with E-state index in [1.54, 1.807) is 0 Å². The monoisotopic (exact) mass is 204 g/mol. The van der Waals surface area contributed by atoms with Crippen molar-refractivity contribution in [3.8, 4) is 0 Å². The quantitative estimate of drug-likeness (QED) is 0.681. The normalized spacial score (nSPS) is 15.1. The van der Waals surface area contributed by atoms with Crippen molar-refractivity contribution in [3.05, 3.63) is 23.8 Å². The van der Waals surface area contributed by atoms with Gasteiger partial charge in [-0.05, 0) is 24.6 Å². The van der Waals surface area contributed by atoms with E-state index in [9.17, 15) is 4.79 Å². The summed E-state index contributed by atoms with van der Waals surface area (Å²) >= 11 is 0. The molecule has 0 radical (unpaired) electrons. The number of nitrogens with zero attached hydrogens (tertiary/aromatic N) is 2. The number of benzene rings is 1. The van der Waals surface area contributed by atoms with Crippen molar-refractivity contribution >= 4 is 17.7 Å². The highest BCUT2D eigenvalue weighted by Gasteiger charge is 2.19. The Hall–Kier alpha value is -1.51. The summed E-state index contributed by atoms with van der Waals surface area (Å²) in [6.45, 7) is 4.47. The van der Waals surface area contributed by atoms with Crippen LogP contribution in [0.5, 0.6) is 0 Å². The topological polar surface area (TPSA) is 23.6 Å². The zero-order valence-corrected chi connectivity index (χ0v) is 9.23. The molecule has 0 N–H and O–H groups in total. The van der Waals surface area contributed by atoms with Crippen LogP contribution in [0.15, 0.2) is 18.2 Å². The number of hydrogen-bond acceptors (Lipinski definition) is 3. The van der Waals surface area contributed by atoms with Gasteiger partial charge in [-0.2, -0.15) is 0 Å². The number of hydrogen-bond donors (Lipinski definition) is 0. The highest BCUT2D eigenvalue weighted by molar-refractivity contribution is 5.76. The van der Waals surface area contributed by atoms with Crippen LogP contribution in [0.4, 0.5) is 11.4 Å². The van der Waals surface area contributed by atoms with Gasteiger partial charge >= 0.3 is 0 Å². The van der Waals surface area contributed by atoms with E-state index >= 15 is 0 Å². The molecule has 0 bridgehead atoms. The molecule has 0 aliphatic carbocycles. The van der Waals surface area contributed by atoms with E-state index in [2.05, 4.69) is 42.0 Å². The first-order chi connectivity index (χ1) is 7.22. The van der Waals surface area contributed by atoms with Crippen molar-refractivity contribution in [2.45, 2.75) is 6.92 Å². The second-order valence-corrected chi connectivity index (χ2v) is 4.03. The average Bonchev–Trinajstić information content (AvgIpc) is 2.22. The Labute approximate surface area is 90.3 Å². The highest BCUT2D eigenvalue weighted by Crippen LogP contribution is 2.32. The van der Waals surface area contributed by atoms with Gasteiger partial charge in [0.05, 0.1) is 17.9 Å². The Kier molecular flexibility index (Phi) is 2.62.